The number of aliphatic hydroxyl groups excluding tert-OH is 1. The van der Waals surface area contributed by atoms with E-state index in [0.717, 1.165) is 32.1 Å². The standard InChI is InChI=1S/C26H48N2O6/c1-2-3-4-5-6-7-8-9-10-11-12-13-14-15-16-17-24(30)28(20-21-29)19-18-27(22-25(31)32)23-26(33)34/h9-10,29H,2-8,11-23H2,1H3,(H,31,32)(H,33,34)/b10-9+. The van der Waals surface area contributed by atoms with Crippen molar-refractivity contribution >= 4 is 17.8 Å². The Morgan fingerprint density at radius 2 is 1.18 bits per heavy atom. The van der Waals surface area contributed by atoms with Gasteiger partial charge in [-0.05, 0) is 32.1 Å². The van der Waals surface area contributed by atoms with Gasteiger partial charge in [-0.25, -0.2) is 0 Å². The third-order valence-electron chi connectivity index (χ3n) is 5.78. The minimum atomic E-state index is -1.12. The molecule has 1 amide bonds. The number of rotatable bonds is 24. The first-order valence-corrected chi connectivity index (χ1v) is 13.1. The zero-order valence-corrected chi connectivity index (χ0v) is 21.3. The lowest BCUT2D eigenvalue weighted by Crippen LogP contribution is -2.43. The van der Waals surface area contributed by atoms with Crippen LogP contribution in [0.25, 0.3) is 0 Å². The van der Waals surface area contributed by atoms with Gasteiger partial charge in [0.15, 0.2) is 0 Å². The number of aliphatic carboxylic acids is 2. The van der Waals surface area contributed by atoms with E-state index in [0.29, 0.717) is 6.42 Å². The van der Waals surface area contributed by atoms with Crippen LogP contribution in [0.1, 0.15) is 96.8 Å². The van der Waals surface area contributed by atoms with Gasteiger partial charge in [0.1, 0.15) is 0 Å². The smallest absolute Gasteiger partial charge is 0.317 e. The monoisotopic (exact) mass is 484 g/mol. The van der Waals surface area contributed by atoms with Gasteiger partial charge in [-0.2, -0.15) is 0 Å². The predicted molar refractivity (Wildman–Crippen MR) is 135 cm³/mol. The molecule has 0 radical (unpaired) electrons. The zero-order chi connectivity index (χ0) is 25.4. The second kappa shape index (κ2) is 22.8. The summed E-state index contributed by atoms with van der Waals surface area (Å²) in [4.78, 5) is 37.0. The number of carboxylic acids is 2. The van der Waals surface area contributed by atoms with Crippen LogP contribution in [-0.4, -0.2) is 82.3 Å². The van der Waals surface area contributed by atoms with Gasteiger partial charge in [0.05, 0.1) is 19.7 Å². The van der Waals surface area contributed by atoms with Crippen molar-refractivity contribution in [2.24, 2.45) is 0 Å². The predicted octanol–water partition coefficient (Wildman–Crippen LogP) is 4.32. The topological polar surface area (TPSA) is 118 Å². The van der Waals surface area contributed by atoms with Crippen molar-refractivity contribution in [1.29, 1.82) is 0 Å². The van der Waals surface area contributed by atoms with Gasteiger partial charge in [-0.15, -0.1) is 0 Å². The van der Waals surface area contributed by atoms with E-state index in [1.54, 1.807) is 0 Å². The maximum absolute atomic E-state index is 12.5. The van der Waals surface area contributed by atoms with Gasteiger partial charge in [-0.3, -0.25) is 19.3 Å². The number of amides is 1. The molecule has 0 aliphatic heterocycles. The van der Waals surface area contributed by atoms with Crippen LogP contribution in [0.15, 0.2) is 12.2 Å². The van der Waals surface area contributed by atoms with Gasteiger partial charge in [0.25, 0.3) is 0 Å². The summed E-state index contributed by atoms with van der Waals surface area (Å²) in [6, 6.07) is 0. The van der Waals surface area contributed by atoms with Crippen LogP contribution in [-0.2, 0) is 14.4 Å². The number of allylic oxidation sites excluding steroid dienone is 2. The van der Waals surface area contributed by atoms with E-state index in [-0.39, 0.29) is 32.1 Å². The van der Waals surface area contributed by atoms with Crippen molar-refractivity contribution in [3.8, 4) is 0 Å². The van der Waals surface area contributed by atoms with Crippen LogP contribution in [0.4, 0.5) is 0 Å². The summed E-state index contributed by atoms with van der Waals surface area (Å²) in [6.07, 6.45) is 20.4. The number of aliphatic hydroxyl groups is 1. The molecule has 198 valence electrons. The number of carboxylic acid groups (broad SMARTS) is 2. The fourth-order valence-electron chi connectivity index (χ4n) is 3.85. The van der Waals surface area contributed by atoms with E-state index in [9.17, 15) is 19.5 Å². The summed E-state index contributed by atoms with van der Waals surface area (Å²) < 4.78 is 0. The van der Waals surface area contributed by atoms with Crippen LogP contribution in [0.3, 0.4) is 0 Å². The van der Waals surface area contributed by atoms with Gasteiger partial charge in [-0.1, -0.05) is 70.4 Å². The van der Waals surface area contributed by atoms with Crippen molar-refractivity contribution in [3.05, 3.63) is 12.2 Å². The summed E-state index contributed by atoms with van der Waals surface area (Å²) in [5.41, 5.74) is 0. The first-order valence-electron chi connectivity index (χ1n) is 13.1. The van der Waals surface area contributed by atoms with Crippen molar-refractivity contribution in [3.63, 3.8) is 0 Å². The van der Waals surface area contributed by atoms with E-state index in [1.807, 2.05) is 0 Å². The van der Waals surface area contributed by atoms with Crippen LogP contribution in [0.5, 0.6) is 0 Å². The minimum absolute atomic E-state index is 0.0859. The fourth-order valence-corrected chi connectivity index (χ4v) is 3.85. The second-order valence-corrected chi connectivity index (χ2v) is 8.94. The lowest BCUT2D eigenvalue weighted by atomic mass is 10.1. The largest absolute Gasteiger partial charge is 0.480 e. The Morgan fingerprint density at radius 3 is 1.68 bits per heavy atom. The van der Waals surface area contributed by atoms with Crippen molar-refractivity contribution in [1.82, 2.24) is 9.80 Å². The minimum Gasteiger partial charge on any atom is -0.480 e. The highest BCUT2D eigenvalue weighted by Gasteiger charge is 2.17. The Labute approximate surface area is 206 Å². The van der Waals surface area contributed by atoms with E-state index >= 15 is 0 Å². The van der Waals surface area contributed by atoms with E-state index in [4.69, 9.17) is 10.2 Å². The van der Waals surface area contributed by atoms with E-state index in [2.05, 4.69) is 19.1 Å². The average molecular weight is 485 g/mol. The quantitative estimate of drug-likeness (QED) is 0.138. The molecule has 0 aromatic carbocycles. The molecule has 0 aliphatic carbocycles. The molecule has 0 rings (SSSR count). The molecule has 0 bridgehead atoms. The summed E-state index contributed by atoms with van der Waals surface area (Å²) in [5, 5.41) is 27.1. The molecule has 0 spiro atoms. The Balaban J connectivity index is 3.93. The number of carbonyl (C=O) groups excluding carboxylic acids is 1. The zero-order valence-electron chi connectivity index (χ0n) is 21.3. The molecule has 0 heterocycles. The molecule has 0 unspecified atom stereocenters. The molecule has 3 N–H and O–H groups in total. The third kappa shape index (κ3) is 20.7. The molecule has 0 atom stereocenters. The first-order chi connectivity index (χ1) is 16.4. The number of unbranched alkanes of at least 4 members (excludes halogenated alkanes) is 11. The molecular weight excluding hydrogens is 436 g/mol. The van der Waals surface area contributed by atoms with Crippen molar-refractivity contribution in [2.45, 2.75) is 96.8 Å². The van der Waals surface area contributed by atoms with E-state index in [1.165, 1.54) is 61.2 Å². The number of hydrogen-bond donors (Lipinski definition) is 3. The highest BCUT2D eigenvalue weighted by molar-refractivity contribution is 5.76. The molecule has 0 saturated carbocycles. The molecule has 0 aromatic heterocycles. The van der Waals surface area contributed by atoms with Gasteiger partial charge >= 0.3 is 11.9 Å². The van der Waals surface area contributed by atoms with Gasteiger partial charge in [0, 0.05) is 26.1 Å². The molecule has 8 heteroatoms. The van der Waals surface area contributed by atoms with E-state index < -0.39 is 25.0 Å². The lowest BCUT2D eigenvalue weighted by Gasteiger charge is -2.25. The SMILES string of the molecule is CCCCCCCC/C=C/CCCCCCCC(=O)N(CCO)CCN(CC(=O)O)CC(=O)O. The highest BCUT2D eigenvalue weighted by Crippen LogP contribution is 2.11. The van der Waals surface area contributed by atoms with Crippen LogP contribution >= 0.6 is 0 Å². The molecule has 0 aromatic rings. The summed E-state index contributed by atoms with van der Waals surface area (Å²) in [5.74, 6) is -2.32. The Bertz CT molecular complexity index is 551. The molecule has 0 fully saturated rings. The Kier molecular flexibility index (Phi) is 21.5. The van der Waals surface area contributed by atoms with Crippen LogP contribution < -0.4 is 0 Å². The number of nitrogens with zero attached hydrogens (tertiary/aromatic N) is 2. The Morgan fingerprint density at radius 1 is 0.676 bits per heavy atom. The van der Waals surface area contributed by atoms with Crippen molar-refractivity contribution in [2.75, 3.05) is 39.3 Å². The number of hydrogen-bond acceptors (Lipinski definition) is 5. The maximum Gasteiger partial charge on any atom is 0.317 e. The fraction of sp³-hybridized carbons (Fsp3) is 0.808. The lowest BCUT2D eigenvalue weighted by molar-refractivity contribution is -0.141. The molecule has 0 aliphatic rings. The van der Waals surface area contributed by atoms with Crippen LogP contribution in [0.2, 0.25) is 0 Å². The summed E-state index contributed by atoms with van der Waals surface area (Å²) in [7, 11) is 0. The van der Waals surface area contributed by atoms with Crippen molar-refractivity contribution < 1.29 is 29.7 Å². The van der Waals surface area contributed by atoms with Gasteiger partial charge < -0.3 is 20.2 Å². The third-order valence-corrected chi connectivity index (χ3v) is 5.78. The van der Waals surface area contributed by atoms with Crippen LogP contribution in [0, 0.1) is 0 Å². The number of carbonyl (C=O) groups is 3. The highest BCUT2D eigenvalue weighted by atomic mass is 16.4. The maximum atomic E-state index is 12.5. The average Bonchev–Trinajstić information content (AvgIpc) is 2.78. The molecular formula is C26H48N2O6. The summed E-state index contributed by atoms with van der Waals surface area (Å²) >= 11 is 0. The van der Waals surface area contributed by atoms with Gasteiger partial charge in [0.2, 0.25) is 5.91 Å². The molecule has 34 heavy (non-hydrogen) atoms. The first kappa shape index (κ1) is 32.1. The molecule has 0 saturated heterocycles. The normalized spacial score (nSPS) is 11.4. The summed E-state index contributed by atoms with van der Waals surface area (Å²) in [6.45, 7) is 1.75. The Hall–Kier alpha value is -1.93. The molecule has 8 nitrogen and oxygen atoms in total. The second-order valence-electron chi connectivity index (χ2n) is 8.94.